The van der Waals surface area contributed by atoms with Crippen molar-refractivity contribution in [2.75, 3.05) is 0 Å². The topological polar surface area (TPSA) is 20.2 Å². The SMILES string of the molecule is C[C@@H](/C=[13CH]/[C@@H]([13CH3])[13C@H]1C[13CH2][C@H]2[13C]3=CC=[13C]4C[13C@@H](O)C[13CH2][C@]4([13CH3])[13C@H]3C[13CH2][C@@]21[13CH3])[13CH]([13CH3])[13CH3]. The molecule has 0 amide bonds. The van der Waals surface area contributed by atoms with Gasteiger partial charge in [-0.1, -0.05) is 77.0 Å². The van der Waals surface area contributed by atoms with Crippen molar-refractivity contribution in [3.8, 4) is 0 Å². The Labute approximate surface area is 179 Å². The van der Waals surface area contributed by atoms with Crippen LogP contribution in [-0.4, -0.2) is 11.2 Å². The van der Waals surface area contributed by atoms with Crippen LogP contribution in [0.25, 0.3) is 0 Å². The zero-order chi connectivity index (χ0) is 21.0. The Balaban J connectivity index is 1.57. The number of hydrogen-bond acceptors (Lipinski definition) is 1. The van der Waals surface area contributed by atoms with Gasteiger partial charge in [0, 0.05) is 0 Å². The summed E-state index contributed by atoms with van der Waals surface area (Å²) in [7, 11) is 0. The van der Waals surface area contributed by atoms with Gasteiger partial charge in [0.1, 0.15) is 0 Å². The van der Waals surface area contributed by atoms with Crippen molar-refractivity contribution in [3.63, 3.8) is 0 Å². The highest BCUT2D eigenvalue weighted by atomic mass is 16.4. The zero-order valence-corrected chi connectivity index (χ0v) is 19.7. The van der Waals surface area contributed by atoms with E-state index >= 15 is 0 Å². The van der Waals surface area contributed by atoms with Gasteiger partial charge in [-0.25, -0.2) is 0 Å². The Hall–Kier alpha value is -0.820. The molecule has 0 unspecified atom stereocenters. The fourth-order valence-electron chi connectivity index (χ4n) is 7.59. The van der Waals surface area contributed by atoms with Crippen LogP contribution in [0, 0.1) is 46.3 Å². The van der Waals surface area contributed by atoms with Gasteiger partial charge in [0.15, 0.2) is 0 Å². The molecule has 0 radical (unpaired) electrons. The molecule has 1 nitrogen and oxygen atoms in total. The first-order valence-corrected chi connectivity index (χ1v) is 12.4. The van der Waals surface area contributed by atoms with Crippen LogP contribution in [0.1, 0.15) is 86.5 Å². The summed E-state index contributed by atoms with van der Waals surface area (Å²) in [5, 5.41) is 10.2. The van der Waals surface area contributed by atoms with Gasteiger partial charge < -0.3 is 5.11 Å². The van der Waals surface area contributed by atoms with Crippen LogP contribution in [0.3, 0.4) is 0 Å². The summed E-state index contributed by atoms with van der Waals surface area (Å²) in [6, 6.07) is 0. The van der Waals surface area contributed by atoms with Crippen LogP contribution in [0.5, 0.6) is 0 Å². The minimum absolute atomic E-state index is 0.116. The van der Waals surface area contributed by atoms with Gasteiger partial charge in [0.05, 0.1) is 6.10 Å². The van der Waals surface area contributed by atoms with Crippen molar-refractivity contribution < 1.29 is 5.11 Å². The van der Waals surface area contributed by atoms with Crippen molar-refractivity contribution in [2.24, 2.45) is 46.3 Å². The highest BCUT2D eigenvalue weighted by Gasteiger charge is 2.56. The molecule has 0 spiro atoms. The lowest BCUT2D eigenvalue weighted by Gasteiger charge is -2.55. The number of fused-ring (bicyclic) bond motifs is 5. The molecule has 0 saturated heterocycles. The van der Waals surface area contributed by atoms with Gasteiger partial charge in [-0.2, -0.15) is 0 Å². The molecule has 0 aromatic heterocycles. The molecule has 0 aromatic rings. The van der Waals surface area contributed by atoms with Gasteiger partial charge in [-0.05, 0) is 91.3 Å². The molecule has 0 aromatic carbocycles. The predicted octanol–water partition coefficient (Wildman–Crippen LogP) is 7.33. The lowest BCUT2D eigenvalue weighted by Crippen LogP contribution is -2.46. The third-order valence-electron chi connectivity index (χ3n) is 10.0. The molecule has 3 fully saturated rings. The molecule has 0 aliphatic heterocycles. The molecule has 1 N–H and O–H groups in total. The highest BCUT2D eigenvalue weighted by Crippen LogP contribution is 2.65. The fourth-order valence-corrected chi connectivity index (χ4v) is 7.59. The van der Waals surface area contributed by atoms with Crippen LogP contribution in [0.2, 0.25) is 0 Å². The van der Waals surface area contributed by atoms with E-state index < -0.39 is 0 Å². The molecule has 162 valence electrons. The second kappa shape index (κ2) is 7.70. The molecule has 0 heterocycles. The predicted molar refractivity (Wildman–Crippen MR) is 123 cm³/mol. The van der Waals surface area contributed by atoms with Crippen LogP contribution in [0.4, 0.5) is 0 Å². The van der Waals surface area contributed by atoms with Crippen molar-refractivity contribution in [3.05, 3.63) is 35.5 Å². The van der Waals surface area contributed by atoms with Gasteiger partial charge in [-0.3, -0.25) is 0 Å². The normalized spacial score (nSPS) is 44.0. The first kappa shape index (κ1) is 21.4. The zero-order valence-electron chi connectivity index (χ0n) is 19.7. The van der Waals surface area contributed by atoms with E-state index in [4.69, 9.17) is 0 Å². The van der Waals surface area contributed by atoms with Crippen LogP contribution >= 0.6 is 0 Å². The van der Waals surface area contributed by atoms with Gasteiger partial charge in [-0.15, -0.1) is 0 Å². The van der Waals surface area contributed by atoms with E-state index in [0.29, 0.717) is 22.7 Å². The number of aliphatic hydroxyl groups excluding tert-OH is 1. The summed E-state index contributed by atoms with van der Waals surface area (Å²) < 4.78 is 0. The van der Waals surface area contributed by atoms with E-state index in [9.17, 15) is 5.11 Å². The van der Waals surface area contributed by atoms with Crippen LogP contribution < -0.4 is 0 Å². The molecule has 0 bridgehead atoms. The Morgan fingerprint density at radius 2 is 1.69 bits per heavy atom. The number of aliphatic hydroxyl groups is 1. The second-order valence-electron chi connectivity index (χ2n) is 11.9. The first-order chi connectivity index (χ1) is 13.7. The maximum absolute atomic E-state index is 10.2. The molecular weight excluding hydrogens is 367 g/mol. The van der Waals surface area contributed by atoms with Gasteiger partial charge >= 0.3 is 0 Å². The van der Waals surface area contributed by atoms with Crippen LogP contribution in [-0.2, 0) is 0 Å². The van der Waals surface area contributed by atoms with Crippen molar-refractivity contribution >= 4 is 0 Å². The molecule has 4 aliphatic carbocycles. The lowest BCUT2D eigenvalue weighted by molar-refractivity contribution is 0.0382. The average Bonchev–Trinajstić information content (AvgIpc) is 3.03. The summed E-state index contributed by atoms with van der Waals surface area (Å²) in [5.41, 5.74) is 4.07. The molecule has 4 rings (SSSR count). The number of rotatable bonds is 4. The summed E-state index contributed by atoms with van der Waals surface area (Å²) >= 11 is 0. The summed E-state index contributed by atoms with van der Waals surface area (Å²) in [5.74, 6) is 4.38. The molecule has 1 heteroatoms. The first-order valence-electron chi connectivity index (χ1n) is 12.4. The Kier molecular flexibility index (Phi) is 5.69. The third kappa shape index (κ3) is 3.50. The van der Waals surface area contributed by atoms with E-state index in [1.165, 1.54) is 37.7 Å². The second-order valence-corrected chi connectivity index (χ2v) is 11.9. The fraction of sp³-hybridized carbons (Fsp3) is 0.786. The number of allylic oxidation sites excluding steroid dienone is 5. The van der Waals surface area contributed by atoms with E-state index in [1.807, 2.05) is 0 Å². The Bertz CT molecular complexity index is 712. The molecule has 8 atom stereocenters. The lowest BCUT2D eigenvalue weighted by atomic mass is 9.91. The highest BCUT2D eigenvalue weighted by molar-refractivity contribution is 5.39. The smallest absolute Gasteiger partial charge is 0.0578 e. The summed E-state index contributed by atoms with van der Waals surface area (Å²) in [4.78, 5) is 0. The maximum atomic E-state index is 10.2. The van der Waals surface area contributed by atoms with E-state index in [1.54, 1.807) is 5.57 Å². The quantitative estimate of drug-likeness (QED) is 0.379. The molecule has 3 saturated carbocycles. The van der Waals surface area contributed by atoms with Gasteiger partial charge in [0.2, 0.25) is 0 Å². The largest absolute Gasteiger partial charge is 0.393 e. The van der Waals surface area contributed by atoms with E-state index in [0.717, 1.165) is 36.5 Å². The summed E-state index contributed by atoms with van der Waals surface area (Å²) in [6.45, 7) is 14.6. The van der Waals surface area contributed by atoms with Gasteiger partial charge in [0.25, 0.3) is 0 Å². The van der Waals surface area contributed by atoms with Crippen molar-refractivity contribution in [1.82, 2.24) is 0 Å². The van der Waals surface area contributed by atoms with Crippen molar-refractivity contribution in [2.45, 2.75) is 92.6 Å². The molecular formula is C28H44O. The van der Waals surface area contributed by atoms with E-state index in [2.05, 4.69) is 65.8 Å². The van der Waals surface area contributed by atoms with E-state index in [-0.39, 0.29) is 6.10 Å². The Morgan fingerprint density at radius 1 is 0.931 bits per heavy atom. The maximum Gasteiger partial charge on any atom is 0.0578 e. The molecule has 4 aliphatic rings. The average molecular weight is 412 g/mol. The minimum Gasteiger partial charge on any atom is -0.393 e. The summed E-state index contributed by atoms with van der Waals surface area (Å²) in [6.07, 6.45) is 18.4. The third-order valence-corrected chi connectivity index (χ3v) is 10.0. The number of hydrogen-bond donors (Lipinski definition) is 1. The van der Waals surface area contributed by atoms with Crippen molar-refractivity contribution in [1.29, 1.82) is 0 Å². The molecule has 29 heavy (non-hydrogen) atoms. The standard InChI is InChI=1S/C28H44O/c1-18(2)19(3)7-8-20(4)24-11-12-25-23-10-9-21-17-22(29)13-15-27(21,5)26(23)14-16-28(24,25)6/h7-10,18-20,22,24-26,29H,11-17H2,1-6H3/b8-7+/t19-,20+,22-,24+,25-,26-,27-,28+/m0/s1/i1+1,2+1,4+1,5+1,6+1,8+1,12+1,15+1,16+1,18+1,21+1,22+1,23+1,24+1,26+1. The van der Waals surface area contributed by atoms with Crippen LogP contribution in [0.15, 0.2) is 35.5 Å². The monoisotopic (exact) mass is 411 g/mol. The minimum atomic E-state index is -0.116. The Morgan fingerprint density at radius 3 is 2.41 bits per heavy atom.